The fraction of sp³-hybridized carbons (Fsp3) is 0.778. The molecular formula is C18H33BN2O7S. The molecular weight excluding hydrogens is 399 g/mol. The molecule has 0 aliphatic carbocycles. The molecule has 1 unspecified atom stereocenters. The van der Waals surface area contributed by atoms with Crippen molar-refractivity contribution in [2.45, 2.75) is 70.7 Å². The van der Waals surface area contributed by atoms with E-state index in [-0.39, 0.29) is 13.1 Å². The van der Waals surface area contributed by atoms with Crippen molar-refractivity contribution < 1.29 is 31.5 Å². The molecule has 0 aromatic heterocycles. The molecule has 0 bridgehead atoms. The average Bonchev–Trinajstić information content (AvgIpc) is 2.59. The number of hydrogen-bond donors (Lipinski definition) is 1. The lowest BCUT2D eigenvalue weighted by molar-refractivity contribution is -0.146. The van der Waals surface area contributed by atoms with Crippen LogP contribution in [0.2, 0.25) is 0 Å². The third kappa shape index (κ3) is 12.7. The number of unbranched alkanes of at least 4 members (excludes halogenated alkanes) is 8. The Morgan fingerprint density at radius 1 is 1.07 bits per heavy atom. The zero-order valence-corrected chi connectivity index (χ0v) is 18.2. The molecule has 0 saturated carbocycles. The zero-order chi connectivity index (χ0) is 21.7. The summed E-state index contributed by atoms with van der Waals surface area (Å²) >= 11 is 0. The van der Waals surface area contributed by atoms with Crippen molar-refractivity contribution in [3.63, 3.8) is 0 Å². The fourth-order valence-corrected chi connectivity index (χ4v) is 3.40. The first-order valence-electron chi connectivity index (χ1n) is 10.2. The van der Waals surface area contributed by atoms with Crippen molar-refractivity contribution in [2.24, 2.45) is 5.14 Å². The predicted octanol–water partition coefficient (Wildman–Crippen LogP) is 1.72. The van der Waals surface area contributed by atoms with Crippen molar-refractivity contribution >= 4 is 29.4 Å². The van der Waals surface area contributed by atoms with E-state index in [2.05, 4.69) is 6.92 Å². The third-order valence-electron chi connectivity index (χ3n) is 4.36. The molecule has 1 aliphatic heterocycles. The number of carbonyl (C=O) groups is 2. The summed E-state index contributed by atoms with van der Waals surface area (Å²) in [5.41, 5.74) is 0. The van der Waals surface area contributed by atoms with Crippen molar-refractivity contribution in [1.82, 2.24) is 4.90 Å². The Bertz CT molecular complexity index is 622. The van der Waals surface area contributed by atoms with E-state index in [1.54, 1.807) is 13.1 Å². The third-order valence-corrected chi connectivity index (χ3v) is 4.85. The molecule has 0 radical (unpaired) electrons. The lowest BCUT2D eigenvalue weighted by Gasteiger charge is -2.25. The first-order chi connectivity index (χ1) is 13.7. The molecule has 9 nitrogen and oxygen atoms in total. The molecule has 0 aromatic rings. The van der Waals surface area contributed by atoms with Gasteiger partial charge in [-0.2, -0.15) is 8.42 Å². The van der Waals surface area contributed by atoms with Crippen molar-refractivity contribution in [3.8, 4) is 0 Å². The van der Waals surface area contributed by atoms with Gasteiger partial charge in [-0.15, -0.1) is 0 Å². The highest BCUT2D eigenvalue weighted by atomic mass is 32.2. The van der Waals surface area contributed by atoms with Crippen LogP contribution in [0.5, 0.6) is 0 Å². The van der Waals surface area contributed by atoms with Gasteiger partial charge < -0.3 is 9.31 Å². The number of carbonyl (C=O) groups excluding carboxylic acids is 2. The summed E-state index contributed by atoms with van der Waals surface area (Å²) in [6, 6.07) is -1.34. The Balaban J connectivity index is 2.55. The second kappa shape index (κ2) is 13.7. The highest BCUT2D eigenvalue weighted by molar-refractivity contribution is 7.84. The van der Waals surface area contributed by atoms with E-state index >= 15 is 0 Å². The first kappa shape index (κ1) is 25.6. The lowest BCUT2D eigenvalue weighted by Crippen LogP contribution is -2.49. The molecule has 1 atom stereocenters. The number of allylic oxidation sites excluding steroid dienone is 1. The maximum absolute atomic E-state index is 11.9. The minimum absolute atomic E-state index is 0.129. The average molecular weight is 432 g/mol. The van der Waals surface area contributed by atoms with Gasteiger partial charge in [-0.05, 0) is 19.9 Å². The molecule has 1 saturated heterocycles. The summed E-state index contributed by atoms with van der Waals surface area (Å²) in [6.07, 6.45) is 13.2. The van der Waals surface area contributed by atoms with E-state index in [1.165, 1.54) is 43.1 Å². The van der Waals surface area contributed by atoms with Gasteiger partial charge in [0.1, 0.15) is 0 Å². The van der Waals surface area contributed by atoms with Gasteiger partial charge in [0.2, 0.25) is 0 Å². The highest BCUT2D eigenvalue weighted by Gasteiger charge is 2.41. The van der Waals surface area contributed by atoms with E-state index < -0.39 is 35.4 Å². The minimum atomic E-state index is -4.35. The van der Waals surface area contributed by atoms with Crippen LogP contribution in [0.15, 0.2) is 12.2 Å². The molecule has 1 rings (SSSR count). The van der Waals surface area contributed by atoms with Gasteiger partial charge in [0, 0.05) is 0 Å². The molecule has 1 aliphatic rings. The molecule has 0 aromatic carbocycles. The van der Waals surface area contributed by atoms with Crippen LogP contribution in [-0.2, 0) is 33.4 Å². The van der Waals surface area contributed by atoms with E-state index in [9.17, 15) is 18.0 Å². The topological polar surface area (TPSA) is 125 Å². The van der Waals surface area contributed by atoms with Crippen LogP contribution in [0.25, 0.3) is 0 Å². The Morgan fingerprint density at radius 3 is 2.10 bits per heavy atom. The van der Waals surface area contributed by atoms with Gasteiger partial charge in [-0.1, -0.05) is 64.0 Å². The predicted molar refractivity (Wildman–Crippen MR) is 110 cm³/mol. The lowest BCUT2D eigenvalue weighted by atomic mass is 9.80. The fourth-order valence-electron chi connectivity index (χ4n) is 2.94. The maximum atomic E-state index is 11.9. The van der Waals surface area contributed by atoms with Gasteiger partial charge in [-0.25, -0.2) is 5.14 Å². The number of rotatable bonds is 13. The number of nitrogens with zero attached hydrogens (tertiary/aromatic N) is 1. The van der Waals surface area contributed by atoms with E-state index in [1.807, 2.05) is 0 Å². The highest BCUT2D eigenvalue weighted by Crippen LogP contribution is 2.13. The van der Waals surface area contributed by atoms with Crippen LogP contribution < -0.4 is 5.14 Å². The van der Waals surface area contributed by atoms with Crippen LogP contribution in [0.3, 0.4) is 0 Å². The zero-order valence-electron chi connectivity index (χ0n) is 17.4. The molecule has 2 N–H and O–H groups in total. The van der Waals surface area contributed by atoms with Crippen LogP contribution in [0.4, 0.5) is 0 Å². The summed E-state index contributed by atoms with van der Waals surface area (Å²) in [5, 5.41) is 4.95. The smallest absolute Gasteiger partial charge is 0.496 e. The Kier molecular flexibility index (Phi) is 12.1. The molecule has 29 heavy (non-hydrogen) atoms. The Morgan fingerprint density at radius 2 is 1.59 bits per heavy atom. The monoisotopic (exact) mass is 432 g/mol. The van der Waals surface area contributed by atoms with Crippen molar-refractivity contribution in [2.75, 3.05) is 20.1 Å². The van der Waals surface area contributed by atoms with Crippen LogP contribution in [0, 0.1) is 0 Å². The van der Waals surface area contributed by atoms with E-state index in [0.29, 0.717) is 6.42 Å². The molecule has 1 fully saturated rings. The van der Waals surface area contributed by atoms with Crippen LogP contribution in [-0.4, -0.2) is 58.5 Å². The largest absolute Gasteiger partial charge is 0.635 e. The normalized spacial score (nSPS) is 17.7. The number of likely N-dealkylation sites (N-methyl/N-ethyl adjacent to an activating group) is 1. The molecule has 11 heteroatoms. The molecule has 166 valence electrons. The van der Waals surface area contributed by atoms with Gasteiger partial charge in [0.25, 0.3) is 0 Å². The molecule has 0 spiro atoms. The summed E-state index contributed by atoms with van der Waals surface area (Å²) in [5.74, 6) is -1.33. The second-order valence-corrected chi connectivity index (χ2v) is 8.44. The van der Waals surface area contributed by atoms with E-state index in [0.717, 1.165) is 19.3 Å². The van der Waals surface area contributed by atoms with Crippen molar-refractivity contribution in [1.29, 1.82) is 0 Å². The quantitative estimate of drug-likeness (QED) is 0.265. The van der Waals surface area contributed by atoms with E-state index in [4.69, 9.17) is 18.6 Å². The van der Waals surface area contributed by atoms with Gasteiger partial charge in [0.05, 0.1) is 13.1 Å². The van der Waals surface area contributed by atoms with Crippen LogP contribution in [0.1, 0.15) is 64.7 Å². The Labute approximate surface area is 174 Å². The summed E-state index contributed by atoms with van der Waals surface area (Å²) < 4.78 is 37.6. The minimum Gasteiger partial charge on any atom is -0.496 e. The first-order valence-corrected chi connectivity index (χ1v) is 11.6. The van der Waals surface area contributed by atoms with Gasteiger partial charge in [0.15, 0.2) is 6.00 Å². The maximum Gasteiger partial charge on any atom is 0.635 e. The summed E-state index contributed by atoms with van der Waals surface area (Å²) in [4.78, 5) is 25.1. The second-order valence-electron chi connectivity index (χ2n) is 7.27. The summed E-state index contributed by atoms with van der Waals surface area (Å²) in [6.45, 7) is 1.93. The number of hydrogen-bond acceptors (Lipinski definition) is 8. The molecule has 0 amide bonds. The van der Waals surface area contributed by atoms with Gasteiger partial charge in [-0.3, -0.25) is 18.7 Å². The summed E-state index contributed by atoms with van der Waals surface area (Å²) in [7, 11) is -4.30. The van der Waals surface area contributed by atoms with Gasteiger partial charge >= 0.3 is 29.4 Å². The van der Waals surface area contributed by atoms with Crippen molar-refractivity contribution in [3.05, 3.63) is 12.2 Å². The molecule has 1 heterocycles. The standard InChI is InChI=1S/C18H33BN2O7S/c1-3-4-5-6-7-8-9-10-11-12-13-16(28-29(20,24)25)19-26-17(22)14-21(2)15-18(23)27-19/h12-13,16H,3-11,14-15H2,1-2H3,(H2,20,24,25). The van der Waals surface area contributed by atoms with Crippen LogP contribution >= 0.6 is 0 Å². The number of nitrogens with two attached hydrogens (primary N) is 1. The SMILES string of the molecule is CCCCCCCCCCC=CC(OS(N)(=O)=O)B1OC(=O)CN(C)CC(=O)O1. The Hall–Kier alpha value is -1.43.